The topological polar surface area (TPSA) is 32.3 Å². The highest BCUT2D eigenvalue weighted by atomic mass is 31.1. The molecule has 0 aliphatic carbocycles. The van der Waals surface area contributed by atoms with Crippen LogP contribution < -0.4 is 10.6 Å². The Bertz CT molecular complexity index is 1080. The van der Waals surface area contributed by atoms with E-state index in [9.17, 15) is 5.11 Å². The van der Waals surface area contributed by atoms with Gasteiger partial charge < -0.3 is 10.4 Å². The lowest BCUT2D eigenvalue weighted by atomic mass is 10.0. The van der Waals surface area contributed by atoms with E-state index >= 15 is 0 Å². The number of aliphatic hydroxyl groups is 1. The SMILES string of the molecule is C[C@H](NCPc1ccccc1-c1ccc2ccccc2c1)[C@H](O)c1ccccc1. The predicted molar refractivity (Wildman–Crippen MR) is 126 cm³/mol. The van der Waals surface area contributed by atoms with E-state index in [1.807, 2.05) is 37.3 Å². The summed E-state index contributed by atoms with van der Waals surface area (Å²) < 4.78 is 0. The van der Waals surface area contributed by atoms with Gasteiger partial charge in [-0.05, 0) is 45.8 Å². The van der Waals surface area contributed by atoms with Gasteiger partial charge >= 0.3 is 0 Å². The molecular formula is C26H26NOP. The molecule has 0 aliphatic heterocycles. The van der Waals surface area contributed by atoms with Crippen molar-refractivity contribution in [2.24, 2.45) is 0 Å². The smallest absolute Gasteiger partial charge is 0.0940 e. The second-order valence-electron chi connectivity index (χ2n) is 7.31. The van der Waals surface area contributed by atoms with Crippen molar-refractivity contribution < 1.29 is 5.11 Å². The Morgan fingerprint density at radius 3 is 2.31 bits per heavy atom. The number of fused-ring (bicyclic) bond motifs is 1. The average Bonchev–Trinajstić information content (AvgIpc) is 2.79. The minimum Gasteiger partial charge on any atom is -0.387 e. The van der Waals surface area contributed by atoms with Crippen molar-refractivity contribution in [3.8, 4) is 11.1 Å². The third-order valence-corrected chi connectivity index (χ3v) is 6.50. The number of rotatable bonds is 7. The highest BCUT2D eigenvalue weighted by Gasteiger charge is 2.15. The van der Waals surface area contributed by atoms with Crippen LogP contribution >= 0.6 is 8.58 Å². The summed E-state index contributed by atoms with van der Waals surface area (Å²) in [5, 5.41) is 17.9. The van der Waals surface area contributed by atoms with Gasteiger partial charge in [-0.25, -0.2) is 0 Å². The number of aliphatic hydroxyl groups excluding tert-OH is 1. The fourth-order valence-electron chi connectivity index (χ4n) is 3.60. The summed E-state index contributed by atoms with van der Waals surface area (Å²) in [6, 6.07) is 33.6. The summed E-state index contributed by atoms with van der Waals surface area (Å²) in [4.78, 5) is 0. The standard InChI is InChI=1S/C26H26NOP/c1-19(26(28)21-10-3-2-4-11-21)27-18-29-25-14-8-7-13-24(25)23-16-15-20-9-5-6-12-22(20)17-23/h2-17,19,26-29H,18H2,1H3/t19-,26-/m0/s1. The first-order valence-corrected chi connectivity index (χ1v) is 11.2. The lowest BCUT2D eigenvalue weighted by molar-refractivity contribution is 0.139. The largest absolute Gasteiger partial charge is 0.387 e. The number of benzene rings is 4. The van der Waals surface area contributed by atoms with Crippen molar-refractivity contribution in [1.29, 1.82) is 0 Å². The molecule has 0 spiro atoms. The van der Waals surface area contributed by atoms with Crippen LogP contribution in [0.1, 0.15) is 18.6 Å². The maximum atomic E-state index is 10.6. The zero-order valence-electron chi connectivity index (χ0n) is 16.5. The van der Waals surface area contributed by atoms with E-state index in [2.05, 4.69) is 72.0 Å². The minimum atomic E-state index is -0.503. The first kappa shape index (κ1) is 19.8. The molecule has 29 heavy (non-hydrogen) atoms. The van der Waals surface area contributed by atoms with Gasteiger partial charge in [0.05, 0.1) is 6.10 Å². The Hall–Kier alpha value is -2.51. The number of hydrogen-bond donors (Lipinski definition) is 2. The molecule has 4 aromatic rings. The van der Waals surface area contributed by atoms with E-state index in [1.165, 1.54) is 27.2 Å². The van der Waals surface area contributed by atoms with E-state index in [1.54, 1.807) is 0 Å². The van der Waals surface area contributed by atoms with Gasteiger partial charge in [-0.1, -0.05) is 99.6 Å². The van der Waals surface area contributed by atoms with Gasteiger partial charge in [0.15, 0.2) is 0 Å². The third-order valence-electron chi connectivity index (χ3n) is 5.31. The molecule has 0 heterocycles. The maximum absolute atomic E-state index is 10.6. The van der Waals surface area contributed by atoms with Crippen molar-refractivity contribution in [3.63, 3.8) is 0 Å². The Morgan fingerprint density at radius 2 is 1.48 bits per heavy atom. The maximum Gasteiger partial charge on any atom is 0.0940 e. The molecule has 3 heteroatoms. The van der Waals surface area contributed by atoms with Gasteiger partial charge in [-0.3, -0.25) is 0 Å². The van der Waals surface area contributed by atoms with Crippen LogP contribution in [0.15, 0.2) is 97.1 Å². The molecule has 0 bridgehead atoms. The molecule has 0 aromatic heterocycles. The second-order valence-corrected chi connectivity index (χ2v) is 8.56. The average molecular weight is 399 g/mol. The summed E-state index contributed by atoms with van der Waals surface area (Å²) in [5.41, 5.74) is 3.49. The molecule has 0 saturated heterocycles. The van der Waals surface area contributed by atoms with Gasteiger partial charge in [-0.2, -0.15) is 0 Å². The highest BCUT2D eigenvalue weighted by Crippen LogP contribution is 2.27. The first-order chi connectivity index (χ1) is 14.2. The van der Waals surface area contributed by atoms with Crippen LogP contribution in [0, 0.1) is 0 Å². The van der Waals surface area contributed by atoms with E-state index < -0.39 is 6.10 Å². The molecule has 2 N–H and O–H groups in total. The van der Waals surface area contributed by atoms with Gasteiger partial charge in [0.25, 0.3) is 0 Å². The molecule has 2 nitrogen and oxygen atoms in total. The summed E-state index contributed by atoms with van der Waals surface area (Å²) in [6.07, 6.45) is 0.340. The number of hydrogen-bond acceptors (Lipinski definition) is 2. The molecule has 3 atom stereocenters. The van der Waals surface area contributed by atoms with Crippen molar-refractivity contribution in [2.75, 3.05) is 6.29 Å². The number of nitrogens with one attached hydrogen (secondary N) is 1. The molecular weight excluding hydrogens is 373 g/mol. The van der Waals surface area contributed by atoms with Crippen LogP contribution in [-0.2, 0) is 0 Å². The highest BCUT2D eigenvalue weighted by molar-refractivity contribution is 7.47. The zero-order valence-corrected chi connectivity index (χ0v) is 17.5. The summed E-state index contributed by atoms with van der Waals surface area (Å²) in [7, 11) is 0.627. The minimum absolute atomic E-state index is 0.00210. The molecule has 4 aromatic carbocycles. The van der Waals surface area contributed by atoms with Crippen LogP contribution in [0.2, 0.25) is 0 Å². The monoisotopic (exact) mass is 399 g/mol. The Kier molecular flexibility index (Phi) is 6.36. The van der Waals surface area contributed by atoms with E-state index in [4.69, 9.17) is 0 Å². The zero-order chi connectivity index (χ0) is 20.1. The summed E-state index contributed by atoms with van der Waals surface area (Å²) >= 11 is 0. The molecule has 0 fully saturated rings. The quantitative estimate of drug-likeness (QED) is 0.403. The Morgan fingerprint density at radius 1 is 0.793 bits per heavy atom. The van der Waals surface area contributed by atoms with E-state index in [-0.39, 0.29) is 6.04 Å². The summed E-state index contributed by atoms with van der Waals surface area (Å²) in [6.45, 7) is 2.04. The molecule has 0 aliphatic rings. The van der Waals surface area contributed by atoms with Crippen molar-refractivity contribution in [1.82, 2.24) is 5.32 Å². The predicted octanol–water partition coefficient (Wildman–Crippen LogP) is 5.48. The van der Waals surface area contributed by atoms with Gasteiger partial charge in [0.2, 0.25) is 0 Å². The fraction of sp³-hybridized carbons (Fsp3) is 0.154. The van der Waals surface area contributed by atoms with Crippen LogP contribution in [0.25, 0.3) is 21.9 Å². The van der Waals surface area contributed by atoms with Crippen LogP contribution in [-0.4, -0.2) is 17.4 Å². The molecule has 0 amide bonds. The van der Waals surface area contributed by atoms with Crippen molar-refractivity contribution in [2.45, 2.75) is 19.1 Å². The van der Waals surface area contributed by atoms with Crippen molar-refractivity contribution >= 4 is 24.7 Å². The summed E-state index contributed by atoms with van der Waals surface area (Å²) in [5.74, 6) is 0. The third kappa shape index (κ3) is 4.74. The van der Waals surface area contributed by atoms with Gasteiger partial charge in [-0.15, -0.1) is 0 Å². The second kappa shape index (κ2) is 9.33. The molecule has 1 unspecified atom stereocenters. The molecule has 0 saturated carbocycles. The molecule has 4 rings (SSSR count). The lowest BCUT2D eigenvalue weighted by Crippen LogP contribution is -2.32. The van der Waals surface area contributed by atoms with E-state index in [0.29, 0.717) is 8.58 Å². The Labute approximate surface area is 174 Å². The fourth-order valence-corrected chi connectivity index (χ4v) is 4.85. The molecule has 0 radical (unpaired) electrons. The normalized spacial score (nSPS) is 13.7. The first-order valence-electron chi connectivity index (χ1n) is 10.0. The lowest BCUT2D eigenvalue weighted by Gasteiger charge is -2.21. The van der Waals surface area contributed by atoms with E-state index in [0.717, 1.165) is 11.8 Å². The van der Waals surface area contributed by atoms with Crippen LogP contribution in [0.5, 0.6) is 0 Å². The van der Waals surface area contributed by atoms with Gasteiger partial charge in [0, 0.05) is 12.3 Å². The van der Waals surface area contributed by atoms with Crippen molar-refractivity contribution in [3.05, 3.63) is 103 Å². The Balaban J connectivity index is 1.46. The van der Waals surface area contributed by atoms with Crippen LogP contribution in [0.4, 0.5) is 0 Å². The van der Waals surface area contributed by atoms with Gasteiger partial charge in [0.1, 0.15) is 0 Å². The van der Waals surface area contributed by atoms with Crippen LogP contribution in [0.3, 0.4) is 0 Å². The molecule has 146 valence electrons.